The van der Waals surface area contributed by atoms with Crippen molar-refractivity contribution in [3.63, 3.8) is 0 Å². The topological polar surface area (TPSA) is 72.6 Å². The van der Waals surface area contributed by atoms with Crippen molar-refractivity contribution in [1.82, 2.24) is 4.90 Å². The van der Waals surface area contributed by atoms with E-state index in [-0.39, 0.29) is 18.3 Å². The first-order chi connectivity index (χ1) is 7.52. The van der Waals surface area contributed by atoms with Crippen molar-refractivity contribution < 1.29 is 14.3 Å². The molecule has 0 aromatic rings. The lowest BCUT2D eigenvalue weighted by Crippen LogP contribution is -2.44. The molecule has 0 heterocycles. The predicted molar refractivity (Wildman–Crippen MR) is 65.2 cm³/mol. The normalized spacial score (nSPS) is 12.0. The summed E-state index contributed by atoms with van der Waals surface area (Å²) in [6.07, 6.45) is 2.10. The van der Waals surface area contributed by atoms with E-state index < -0.39 is 6.04 Å². The molecule has 0 aromatic carbocycles. The predicted octanol–water partition coefficient (Wildman–Crippen LogP) is 0.0883. The highest BCUT2D eigenvalue weighted by atomic mass is 32.2. The smallest absolute Gasteiger partial charge is 0.307 e. The number of nitrogens with two attached hydrogens (primary N) is 1. The van der Waals surface area contributed by atoms with Crippen molar-refractivity contribution in [2.75, 3.05) is 32.2 Å². The van der Waals surface area contributed by atoms with Gasteiger partial charge in [0.1, 0.15) is 0 Å². The maximum absolute atomic E-state index is 11.6. The van der Waals surface area contributed by atoms with Crippen molar-refractivity contribution in [1.29, 1.82) is 0 Å². The van der Waals surface area contributed by atoms with Gasteiger partial charge in [0.2, 0.25) is 5.91 Å². The molecule has 0 saturated heterocycles. The molecule has 6 heteroatoms. The molecule has 1 amide bonds. The van der Waals surface area contributed by atoms with E-state index in [1.165, 1.54) is 16.7 Å². The molecular weight excluding hydrogens is 228 g/mol. The molecule has 0 bridgehead atoms. The second kappa shape index (κ2) is 8.41. The van der Waals surface area contributed by atoms with Gasteiger partial charge in [-0.15, -0.1) is 0 Å². The average Bonchev–Trinajstić information content (AvgIpc) is 2.25. The highest BCUT2D eigenvalue weighted by Crippen LogP contribution is 2.00. The van der Waals surface area contributed by atoms with Crippen LogP contribution in [-0.4, -0.2) is 55.0 Å². The molecule has 0 radical (unpaired) electrons. The number of rotatable bonds is 7. The number of carbonyl (C=O) groups excluding carboxylic acids is 2. The highest BCUT2D eigenvalue weighted by Gasteiger charge is 2.17. The van der Waals surface area contributed by atoms with E-state index in [0.29, 0.717) is 18.9 Å². The zero-order valence-corrected chi connectivity index (χ0v) is 10.9. The van der Waals surface area contributed by atoms with Gasteiger partial charge in [0.05, 0.1) is 19.1 Å². The molecule has 0 aliphatic heterocycles. The van der Waals surface area contributed by atoms with Crippen molar-refractivity contribution in [3.05, 3.63) is 0 Å². The number of esters is 1. The summed E-state index contributed by atoms with van der Waals surface area (Å²) in [7, 11) is 1.64. The molecule has 1 unspecified atom stereocenters. The minimum Gasteiger partial charge on any atom is -0.466 e. The van der Waals surface area contributed by atoms with Crippen molar-refractivity contribution in [2.45, 2.75) is 19.4 Å². The third-order valence-electron chi connectivity index (χ3n) is 2.00. The van der Waals surface area contributed by atoms with E-state index in [1.807, 2.05) is 6.26 Å². The number of likely N-dealkylation sites (N-methyl/N-ethyl adjacent to an activating group) is 1. The van der Waals surface area contributed by atoms with Crippen molar-refractivity contribution in [3.8, 4) is 0 Å². The molecule has 0 fully saturated rings. The van der Waals surface area contributed by atoms with Crippen molar-refractivity contribution >= 4 is 23.6 Å². The lowest BCUT2D eigenvalue weighted by atomic mass is 10.3. The van der Waals surface area contributed by atoms with Crippen LogP contribution in [0.4, 0.5) is 0 Å². The van der Waals surface area contributed by atoms with E-state index in [1.54, 1.807) is 14.0 Å². The summed E-state index contributed by atoms with van der Waals surface area (Å²) in [6, 6.07) is -0.498. The van der Waals surface area contributed by atoms with Crippen LogP contribution in [0.3, 0.4) is 0 Å². The number of ether oxygens (including phenoxy) is 1. The number of hydrogen-bond donors (Lipinski definition) is 1. The Hall–Kier alpha value is -0.750. The lowest BCUT2D eigenvalue weighted by Gasteiger charge is -2.20. The molecule has 0 spiro atoms. The largest absolute Gasteiger partial charge is 0.466 e. The van der Waals surface area contributed by atoms with Gasteiger partial charge in [-0.2, -0.15) is 11.8 Å². The molecular formula is C10H20N2O3S. The number of nitrogens with zero attached hydrogens (tertiary/aromatic N) is 1. The van der Waals surface area contributed by atoms with Crippen LogP contribution in [0.25, 0.3) is 0 Å². The zero-order chi connectivity index (χ0) is 12.6. The van der Waals surface area contributed by atoms with Gasteiger partial charge < -0.3 is 15.4 Å². The SMILES string of the molecule is CCOC(=O)CCN(C)C(=O)C(N)CSC. The first kappa shape index (κ1) is 15.2. The number of carbonyl (C=O) groups is 2. The van der Waals surface area contributed by atoms with Crippen LogP contribution in [0.15, 0.2) is 0 Å². The third-order valence-corrected chi connectivity index (χ3v) is 2.69. The molecule has 16 heavy (non-hydrogen) atoms. The van der Waals surface area contributed by atoms with Crippen LogP contribution in [0.2, 0.25) is 0 Å². The Labute approximate surface area is 101 Å². The van der Waals surface area contributed by atoms with Crippen LogP contribution in [0.5, 0.6) is 0 Å². The maximum Gasteiger partial charge on any atom is 0.307 e. The molecule has 5 nitrogen and oxygen atoms in total. The number of hydrogen-bond acceptors (Lipinski definition) is 5. The summed E-state index contributed by atoms with van der Waals surface area (Å²) in [4.78, 5) is 24.2. The first-order valence-corrected chi connectivity index (χ1v) is 6.57. The number of amides is 1. The van der Waals surface area contributed by atoms with Gasteiger partial charge >= 0.3 is 5.97 Å². The van der Waals surface area contributed by atoms with Gasteiger partial charge in [-0.3, -0.25) is 9.59 Å². The van der Waals surface area contributed by atoms with Gasteiger partial charge in [0.25, 0.3) is 0 Å². The minimum atomic E-state index is -0.498. The van der Waals surface area contributed by atoms with Gasteiger partial charge in [0, 0.05) is 19.3 Å². The number of thioether (sulfide) groups is 1. The molecule has 1 atom stereocenters. The fourth-order valence-corrected chi connectivity index (χ4v) is 1.64. The third kappa shape index (κ3) is 5.97. The maximum atomic E-state index is 11.6. The van der Waals surface area contributed by atoms with E-state index in [2.05, 4.69) is 0 Å². The highest BCUT2D eigenvalue weighted by molar-refractivity contribution is 7.98. The van der Waals surface area contributed by atoms with Gasteiger partial charge in [-0.05, 0) is 13.2 Å². The second-order valence-corrected chi connectivity index (χ2v) is 4.29. The zero-order valence-electron chi connectivity index (χ0n) is 10.1. The monoisotopic (exact) mass is 248 g/mol. The van der Waals surface area contributed by atoms with Crippen LogP contribution < -0.4 is 5.73 Å². The van der Waals surface area contributed by atoms with E-state index in [0.717, 1.165) is 0 Å². The summed E-state index contributed by atoms with van der Waals surface area (Å²) in [6.45, 7) is 2.46. The average molecular weight is 248 g/mol. The van der Waals surface area contributed by atoms with Gasteiger partial charge in [0.15, 0.2) is 0 Å². The summed E-state index contributed by atoms with van der Waals surface area (Å²) >= 11 is 1.52. The summed E-state index contributed by atoms with van der Waals surface area (Å²) in [5, 5.41) is 0. The first-order valence-electron chi connectivity index (χ1n) is 5.18. The van der Waals surface area contributed by atoms with E-state index in [4.69, 9.17) is 10.5 Å². The second-order valence-electron chi connectivity index (χ2n) is 3.38. The summed E-state index contributed by atoms with van der Waals surface area (Å²) in [5.74, 6) is 0.155. The standard InChI is InChI=1S/C10H20N2O3S/c1-4-15-9(13)5-6-12(2)10(14)8(11)7-16-3/h8H,4-7,11H2,1-3H3. The fraction of sp³-hybridized carbons (Fsp3) is 0.800. The minimum absolute atomic E-state index is 0.140. The molecule has 0 aliphatic rings. The Bertz CT molecular complexity index is 236. The van der Waals surface area contributed by atoms with Crippen LogP contribution in [0.1, 0.15) is 13.3 Å². The summed E-state index contributed by atoms with van der Waals surface area (Å²) in [5.41, 5.74) is 5.67. The van der Waals surface area contributed by atoms with Crippen molar-refractivity contribution in [2.24, 2.45) is 5.73 Å². The molecule has 94 valence electrons. The fourth-order valence-electron chi connectivity index (χ4n) is 1.14. The molecule has 0 rings (SSSR count). The Morgan fingerprint density at radius 3 is 2.62 bits per heavy atom. The quantitative estimate of drug-likeness (QED) is 0.646. The van der Waals surface area contributed by atoms with E-state index in [9.17, 15) is 9.59 Å². The van der Waals surface area contributed by atoms with E-state index >= 15 is 0 Å². The Kier molecular flexibility index (Phi) is 8.01. The van der Waals surface area contributed by atoms with Crippen LogP contribution in [-0.2, 0) is 14.3 Å². The molecule has 2 N–H and O–H groups in total. The molecule has 0 aromatic heterocycles. The van der Waals surface area contributed by atoms with Crippen LogP contribution in [0, 0.1) is 0 Å². The molecule has 0 saturated carbocycles. The van der Waals surface area contributed by atoms with Gasteiger partial charge in [-0.25, -0.2) is 0 Å². The Balaban J connectivity index is 3.91. The molecule has 0 aliphatic carbocycles. The summed E-state index contributed by atoms with van der Waals surface area (Å²) < 4.78 is 4.77. The Morgan fingerprint density at radius 2 is 2.12 bits per heavy atom. The lowest BCUT2D eigenvalue weighted by molar-refractivity contribution is -0.144. The Morgan fingerprint density at radius 1 is 1.50 bits per heavy atom. The van der Waals surface area contributed by atoms with Crippen LogP contribution >= 0.6 is 11.8 Å². The van der Waals surface area contributed by atoms with Gasteiger partial charge in [-0.1, -0.05) is 0 Å².